The molecular formula is C57H94O6. The third kappa shape index (κ3) is 49.2. The Morgan fingerprint density at radius 2 is 0.714 bits per heavy atom. The van der Waals surface area contributed by atoms with E-state index < -0.39 is 6.10 Å². The molecule has 0 aliphatic heterocycles. The Morgan fingerprint density at radius 3 is 1.21 bits per heavy atom. The Bertz CT molecular complexity index is 1280. The Kier molecular flexibility index (Phi) is 48.0. The third-order valence-corrected chi connectivity index (χ3v) is 10.7. The number of ether oxygens (including phenoxy) is 3. The molecule has 0 saturated heterocycles. The second-order valence-electron chi connectivity index (χ2n) is 16.8. The van der Waals surface area contributed by atoms with E-state index in [2.05, 4.69) is 63.3 Å². The molecule has 0 heterocycles. The SMILES string of the molecule is CC/C=C/C=C/C=C/C=C/C=C/CCCC(=O)OCC(COC(=O)CCCCCCCCCCCCCCCCCCCC)OC(=O)CCCCCC/C=C/C/C=C/C/C=C/CC. The molecule has 0 N–H and O–H groups in total. The van der Waals surface area contributed by atoms with Crippen molar-refractivity contribution in [1.29, 1.82) is 0 Å². The summed E-state index contributed by atoms with van der Waals surface area (Å²) in [6.07, 6.45) is 66.9. The summed E-state index contributed by atoms with van der Waals surface area (Å²) in [4.78, 5) is 37.9. The zero-order valence-corrected chi connectivity index (χ0v) is 40.8. The molecule has 0 spiro atoms. The minimum atomic E-state index is -0.817. The zero-order chi connectivity index (χ0) is 45.8. The monoisotopic (exact) mass is 875 g/mol. The highest BCUT2D eigenvalue weighted by molar-refractivity contribution is 5.71. The van der Waals surface area contributed by atoms with Crippen LogP contribution in [0.4, 0.5) is 0 Å². The minimum Gasteiger partial charge on any atom is -0.462 e. The van der Waals surface area contributed by atoms with Crippen LogP contribution >= 0.6 is 0 Å². The van der Waals surface area contributed by atoms with Gasteiger partial charge >= 0.3 is 17.9 Å². The number of allylic oxidation sites excluding steroid dienone is 16. The van der Waals surface area contributed by atoms with E-state index in [1.165, 1.54) is 96.3 Å². The quantitative estimate of drug-likeness (QED) is 0.0199. The Balaban J connectivity index is 4.46. The maximum atomic E-state index is 12.8. The molecule has 0 saturated carbocycles. The van der Waals surface area contributed by atoms with Crippen molar-refractivity contribution in [2.45, 2.75) is 232 Å². The molecule has 0 fully saturated rings. The fourth-order valence-corrected chi connectivity index (χ4v) is 6.90. The molecule has 358 valence electrons. The largest absolute Gasteiger partial charge is 0.462 e. The molecule has 0 aromatic heterocycles. The molecule has 0 aliphatic rings. The number of hydrogen-bond acceptors (Lipinski definition) is 6. The topological polar surface area (TPSA) is 78.9 Å². The summed E-state index contributed by atoms with van der Waals surface area (Å²) in [6.45, 7) is 6.30. The molecule has 0 bridgehead atoms. The molecule has 1 unspecified atom stereocenters. The van der Waals surface area contributed by atoms with Crippen molar-refractivity contribution in [3.05, 3.63) is 97.2 Å². The standard InChI is InChI=1S/C57H94O6/c1-4-7-10-13-16-19-22-25-27-28-29-30-33-35-38-41-44-47-50-56(59)62-53-54(52-61-55(58)49-46-43-40-37-34-31-24-21-18-15-12-9-6-3)63-57(60)51-48-45-42-39-36-32-26-23-20-17-14-11-8-5-2/h8-9,11-12,15,17-18,20-21,24,26,31-32,34,37,40,54H,4-7,10,13-14,16,19,22-23,25,27-30,33,35-36,38-39,41-53H2,1-3H3/b11-8+,12-9+,18-15+,20-17+,24-21+,32-26+,34-31+,40-37+. The van der Waals surface area contributed by atoms with Gasteiger partial charge in [-0.05, 0) is 64.2 Å². The average molecular weight is 875 g/mol. The van der Waals surface area contributed by atoms with E-state index in [9.17, 15) is 14.4 Å². The van der Waals surface area contributed by atoms with Gasteiger partial charge in [-0.3, -0.25) is 14.4 Å². The maximum Gasteiger partial charge on any atom is 0.306 e. The van der Waals surface area contributed by atoms with Crippen molar-refractivity contribution < 1.29 is 28.6 Å². The van der Waals surface area contributed by atoms with Crippen molar-refractivity contribution >= 4 is 17.9 Å². The first kappa shape index (κ1) is 59.3. The fourth-order valence-electron chi connectivity index (χ4n) is 6.90. The minimum absolute atomic E-state index is 0.109. The Morgan fingerprint density at radius 1 is 0.349 bits per heavy atom. The zero-order valence-electron chi connectivity index (χ0n) is 40.8. The Hall–Kier alpha value is -3.67. The van der Waals surface area contributed by atoms with Crippen molar-refractivity contribution in [3.8, 4) is 0 Å². The van der Waals surface area contributed by atoms with Gasteiger partial charge in [0.2, 0.25) is 0 Å². The molecule has 0 rings (SSSR count). The van der Waals surface area contributed by atoms with Crippen LogP contribution in [0.15, 0.2) is 97.2 Å². The highest BCUT2D eigenvalue weighted by Gasteiger charge is 2.19. The van der Waals surface area contributed by atoms with Crippen LogP contribution in [0.1, 0.15) is 226 Å². The molecular weight excluding hydrogens is 781 g/mol. The highest BCUT2D eigenvalue weighted by Crippen LogP contribution is 2.15. The highest BCUT2D eigenvalue weighted by atomic mass is 16.6. The van der Waals surface area contributed by atoms with Crippen LogP contribution in [0, 0.1) is 0 Å². The summed E-state index contributed by atoms with van der Waals surface area (Å²) < 4.78 is 16.7. The third-order valence-electron chi connectivity index (χ3n) is 10.7. The van der Waals surface area contributed by atoms with Crippen molar-refractivity contribution in [2.24, 2.45) is 0 Å². The average Bonchev–Trinajstić information content (AvgIpc) is 3.28. The molecule has 0 aliphatic carbocycles. The normalized spacial score (nSPS) is 12.9. The lowest BCUT2D eigenvalue weighted by atomic mass is 10.0. The van der Waals surface area contributed by atoms with Gasteiger partial charge in [0, 0.05) is 19.3 Å². The van der Waals surface area contributed by atoms with E-state index in [0.29, 0.717) is 12.8 Å². The van der Waals surface area contributed by atoms with Crippen LogP contribution in [0.3, 0.4) is 0 Å². The van der Waals surface area contributed by atoms with Crippen molar-refractivity contribution in [3.63, 3.8) is 0 Å². The number of carbonyl (C=O) groups is 3. The molecule has 1 atom stereocenters. The second kappa shape index (κ2) is 51.0. The predicted molar refractivity (Wildman–Crippen MR) is 270 cm³/mol. The lowest BCUT2D eigenvalue weighted by molar-refractivity contribution is -0.167. The summed E-state index contributed by atoms with van der Waals surface area (Å²) >= 11 is 0. The smallest absolute Gasteiger partial charge is 0.306 e. The number of carbonyl (C=O) groups excluding carboxylic acids is 3. The van der Waals surface area contributed by atoms with Gasteiger partial charge in [-0.2, -0.15) is 0 Å². The van der Waals surface area contributed by atoms with E-state index >= 15 is 0 Å². The van der Waals surface area contributed by atoms with E-state index in [0.717, 1.165) is 83.5 Å². The summed E-state index contributed by atoms with van der Waals surface area (Å²) in [6, 6.07) is 0. The predicted octanol–water partition coefficient (Wildman–Crippen LogP) is 17.0. The van der Waals surface area contributed by atoms with Crippen LogP contribution in [0.2, 0.25) is 0 Å². The van der Waals surface area contributed by atoms with Crippen LogP contribution < -0.4 is 0 Å². The lowest BCUT2D eigenvalue weighted by Crippen LogP contribution is -2.30. The van der Waals surface area contributed by atoms with Gasteiger partial charge in [0.1, 0.15) is 13.2 Å². The van der Waals surface area contributed by atoms with Crippen LogP contribution in [0.5, 0.6) is 0 Å². The number of esters is 3. The lowest BCUT2D eigenvalue weighted by Gasteiger charge is -2.18. The first-order valence-corrected chi connectivity index (χ1v) is 25.8. The second-order valence-corrected chi connectivity index (χ2v) is 16.8. The van der Waals surface area contributed by atoms with Crippen LogP contribution in [-0.4, -0.2) is 37.2 Å². The van der Waals surface area contributed by atoms with Gasteiger partial charge in [0.05, 0.1) is 0 Å². The molecule has 0 aromatic rings. The van der Waals surface area contributed by atoms with E-state index in [-0.39, 0.29) is 44.0 Å². The Labute approximate surface area is 387 Å². The molecule has 0 radical (unpaired) electrons. The van der Waals surface area contributed by atoms with E-state index in [1.807, 2.05) is 54.7 Å². The van der Waals surface area contributed by atoms with E-state index in [4.69, 9.17) is 14.2 Å². The van der Waals surface area contributed by atoms with Gasteiger partial charge in [-0.1, -0.05) is 240 Å². The fraction of sp³-hybridized carbons (Fsp3) is 0.667. The van der Waals surface area contributed by atoms with Gasteiger partial charge in [0.25, 0.3) is 0 Å². The van der Waals surface area contributed by atoms with Crippen LogP contribution in [0.25, 0.3) is 0 Å². The first-order valence-electron chi connectivity index (χ1n) is 25.8. The van der Waals surface area contributed by atoms with Crippen LogP contribution in [-0.2, 0) is 28.6 Å². The van der Waals surface area contributed by atoms with Gasteiger partial charge < -0.3 is 14.2 Å². The first-order chi connectivity index (χ1) is 31.0. The molecule has 0 aromatic carbocycles. The van der Waals surface area contributed by atoms with Crippen molar-refractivity contribution in [1.82, 2.24) is 0 Å². The van der Waals surface area contributed by atoms with Crippen molar-refractivity contribution in [2.75, 3.05) is 13.2 Å². The molecule has 6 nitrogen and oxygen atoms in total. The number of hydrogen-bond donors (Lipinski definition) is 0. The molecule has 63 heavy (non-hydrogen) atoms. The number of unbranched alkanes of at least 4 members (excludes halogenated alkanes) is 22. The van der Waals surface area contributed by atoms with Gasteiger partial charge in [0.15, 0.2) is 6.10 Å². The van der Waals surface area contributed by atoms with E-state index in [1.54, 1.807) is 0 Å². The number of rotatable bonds is 45. The summed E-state index contributed by atoms with van der Waals surface area (Å²) in [5.74, 6) is -1.01. The maximum absolute atomic E-state index is 12.8. The summed E-state index contributed by atoms with van der Waals surface area (Å²) in [5.41, 5.74) is 0. The molecule has 6 heteroatoms. The summed E-state index contributed by atoms with van der Waals surface area (Å²) in [7, 11) is 0. The van der Waals surface area contributed by atoms with Gasteiger partial charge in [-0.15, -0.1) is 0 Å². The van der Waals surface area contributed by atoms with Gasteiger partial charge in [-0.25, -0.2) is 0 Å². The molecule has 0 amide bonds. The summed E-state index contributed by atoms with van der Waals surface area (Å²) in [5, 5.41) is 0.